The Morgan fingerprint density at radius 3 is 2.78 bits per heavy atom. The predicted molar refractivity (Wildman–Crippen MR) is 162 cm³/mol. The molecule has 0 radical (unpaired) electrons. The van der Waals surface area contributed by atoms with E-state index in [-0.39, 0.29) is 29.1 Å². The second-order valence-electron chi connectivity index (χ2n) is 10.9. The highest BCUT2D eigenvalue weighted by atomic mass is 35.5. The quantitative estimate of drug-likeness (QED) is 0.127. The molecule has 1 fully saturated rings. The Kier molecular flexibility index (Phi) is 8.72. The first-order valence-electron chi connectivity index (χ1n) is 14.0. The Hall–Kier alpha value is -3.73. The lowest BCUT2D eigenvalue weighted by Crippen LogP contribution is -2.46. The van der Waals surface area contributed by atoms with Crippen molar-refractivity contribution in [3.05, 3.63) is 81.1 Å². The Balaban J connectivity index is 1.37. The molecule has 41 heavy (non-hydrogen) atoms. The predicted octanol–water partition coefficient (Wildman–Crippen LogP) is 4.51. The van der Waals surface area contributed by atoms with E-state index in [1.807, 2.05) is 31.2 Å². The summed E-state index contributed by atoms with van der Waals surface area (Å²) in [5.41, 5.74) is 14.8. The number of hydrogen-bond donors (Lipinski definition) is 6. The normalized spacial score (nSPS) is 18.0. The van der Waals surface area contributed by atoms with E-state index in [0.29, 0.717) is 34.5 Å². The fourth-order valence-corrected chi connectivity index (χ4v) is 5.72. The van der Waals surface area contributed by atoms with E-state index in [1.54, 1.807) is 24.4 Å². The molecule has 0 unspecified atom stereocenters. The molecule has 1 saturated heterocycles. The third-order valence-electron chi connectivity index (χ3n) is 7.61. The molecule has 216 valence electrons. The maximum Gasteiger partial charge on any atom is 0.354 e. The number of aryl methyl sites for hydroxylation is 1. The van der Waals surface area contributed by atoms with Gasteiger partial charge in [0.05, 0.1) is 16.4 Å². The molecular weight excluding hydrogens is 543 g/mol. The summed E-state index contributed by atoms with van der Waals surface area (Å²) in [6, 6.07) is 13.6. The Bertz CT molecular complexity index is 1600. The average Bonchev–Trinajstić information content (AvgIpc) is 3.36. The van der Waals surface area contributed by atoms with Crippen molar-refractivity contribution in [2.75, 3.05) is 6.54 Å². The lowest BCUT2D eigenvalue weighted by atomic mass is 9.93. The molecule has 11 heteroatoms. The minimum absolute atomic E-state index is 0.0284. The van der Waals surface area contributed by atoms with E-state index >= 15 is 4.39 Å². The Morgan fingerprint density at radius 2 is 2.05 bits per heavy atom. The molecule has 9 nitrogen and oxygen atoms in total. The molecule has 1 aliphatic rings. The van der Waals surface area contributed by atoms with Gasteiger partial charge in [0.2, 0.25) is 0 Å². The summed E-state index contributed by atoms with van der Waals surface area (Å²) in [5, 5.41) is 14.6. The van der Waals surface area contributed by atoms with Crippen LogP contribution in [0.5, 0.6) is 0 Å². The molecule has 3 atom stereocenters. The van der Waals surface area contributed by atoms with E-state index in [9.17, 15) is 4.79 Å². The minimum Gasteiger partial charge on any atom is -0.370 e. The molecule has 3 heterocycles. The zero-order valence-corrected chi connectivity index (χ0v) is 23.8. The maximum absolute atomic E-state index is 15.1. The lowest BCUT2D eigenvalue weighted by Gasteiger charge is -2.31. The van der Waals surface area contributed by atoms with Crippen LogP contribution in [0.15, 0.2) is 53.5 Å². The zero-order chi connectivity index (χ0) is 29.1. The van der Waals surface area contributed by atoms with Crippen molar-refractivity contribution in [2.24, 2.45) is 11.5 Å². The summed E-state index contributed by atoms with van der Waals surface area (Å²) in [5.74, 6) is -0.546. The molecule has 1 aliphatic heterocycles. The smallest absolute Gasteiger partial charge is 0.354 e. The van der Waals surface area contributed by atoms with Crippen molar-refractivity contribution in [1.82, 2.24) is 25.2 Å². The molecule has 4 aromatic rings. The number of guanidine groups is 1. The number of fused-ring (bicyclic) bond motifs is 1. The van der Waals surface area contributed by atoms with Gasteiger partial charge >= 0.3 is 5.69 Å². The number of benzene rings is 2. The van der Waals surface area contributed by atoms with Crippen molar-refractivity contribution in [1.29, 1.82) is 5.41 Å². The van der Waals surface area contributed by atoms with Gasteiger partial charge in [-0.3, -0.25) is 9.98 Å². The van der Waals surface area contributed by atoms with E-state index in [0.717, 1.165) is 49.7 Å². The number of nitrogens with one attached hydrogen (secondary N) is 4. The van der Waals surface area contributed by atoms with Crippen LogP contribution in [0.2, 0.25) is 5.02 Å². The number of nitrogens with zero attached hydrogens (tertiary/aromatic N) is 2. The first-order chi connectivity index (χ1) is 19.7. The molecule has 0 bridgehead atoms. The second-order valence-corrected chi connectivity index (χ2v) is 11.3. The Labute approximate surface area is 243 Å². The highest BCUT2D eigenvalue weighted by molar-refractivity contribution is 6.31. The van der Waals surface area contributed by atoms with Gasteiger partial charge in [-0.15, -0.1) is 0 Å². The summed E-state index contributed by atoms with van der Waals surface area (Å²) in [6.45, 7) is 2.57. The zero-order valence-electron chi connectivity index (χ0n) is 23.0. The number of aromatic amines is 1. The van der Waals surface area contributed by atoms with Gasteiger partial charge in [-0.25, -0.2) is 9.18 Å². The Morgan fingerprint density at radius 1 is 1.27 bits per heavy atom. The van der Waals surface area contributed by atoms with Crippen LogP contribution in [0.25, 0.3) is 28.0 Å². The largest absolute Gasteiger partial charge is 0.370 e. The van der Waals surface area contributed by atoms with Crippen LogP contribution >= 0.6 is 11.6 Å². The van der Waals surface area contributed by atoms with Crippen LogP contribution in [0.3, 0.4) is 0 Å². The molecule has 0 saturated carbocycles. The third-order valence-corrected chi connectivity index (χ3v) is 7.88. The van der Waals surface area contributed by atoms with Gasteiger partial charge < -0.3 is 27.1 Å². The summed E-state index contributed by atoms with van der Waals surface area (Å²) >= 11 is 6.24. The number of hydrogen-bond acceptors (Lipinski definition) is 5. The molecular formula is C30H36ClFN8O. The van der Waals surface area contributed by atoms with Crippen LogP contribution < -0.4 is 27.8 Å². The maximum atomic E-state index is 15.1. The molecule has 0 spiro atoms. The first kappa shape index (κ1) is 28.8. The first-order valence-corrected chi connectivity index (χ1v) is 14.4. The van der Waals surface area contributed by atoms with Crippen molar-refractivity contribution in [3.8, 4) is 16.9 Å². The van der Waals surface area contributed by atoms with Crippen molar-refractivity contribution in [3.63, 3.8) is 0 Å². The summed E-state index contributed by atoms with van der Waals surface area (Å²) in [7, 11) is 0. The summed E-state index contributed by atoms with van der Waals surface area (Å²) in [6.07, 6.45) is 7.28. The highest BCUT2D eigenvalue weighted by Gasteiger charge is 2.22. The molecule has 0 aliphatic carbocycles. The second kappa shape index (κ2) is 12.4. The lowest BCUT2D eigenvalue weighted by molar-refractivity contribution is 0.323. The van der Waals surface area contributed by atoms with Crippen LogP contribution in [-0.2, 0) is 6.42 Å². The van der Waals surface area contributed by atoms with E-state index in [1.165, 1.54) is 4.57 Å². The van der Waals surface area contributed by atoms with Crippen molar-refractivity contribution >= 4 is 28.6 Å². The summed E-state index contributed by atoms with van der Waals surface area (Å²) in [4.78, 5) is 20.3. The van der Waals surface area contributed by atoms with Crippen LogP contribution in [0.4, 0.5) is 4.39 Å². The van der Waals surface area contributed by atoms with Gasteiger partial charge in [0.1, 0.15) is 5.65 Å². The van der Waals surface area contributed by atoms with Gasteiger partial charge in [0.25, 0.3) is 0 Å². The van der Waals surface area contributed by atoms with Gasteiger partial charge in [-0.1, -0.05) is 23.7 Å². The average molecular weight is 579 g/mol. The van der Waals surface area contributed by atoms with Crippen LogP contribution in [0, 0.1) is 11.2 Å². The van der Waals surface area contributed by atoms with Crippen molar-refractivity contribution < 1.29 is 4.39 Å². The highest BCUT2D eigenvalue weighted by Crippen LogP contribution is 2.32. The number of piperidine rings is 1. The third kappa shape index (κ3) is 6.78. The van der Waals surface area contributed by atoms with Gasteiger partial charge in [0.15, 0.2) is 11.8 Å². The topological polar surface area (TPSA) is 151 Å². The number of nitrogens with two attached hydrogens (primary N) is 2. The molecule has 2 aromatic heterocycles. The van der Waals surface area contributed by atoms with Gasteiger partial charge in [0, 0.05) is 41.8 Å². The molecule has 5 rings (SSSR count). The monoisotopic (exact) mass is 578 g/mol. The number of aromatic nitrogens is 3. The van der Waals surface area contributed by atoms with Gasteiger partial charge in [-0.2, -0.15) is 4.98 Å². The summed E-state index contributed by atoms with van der Waals surface area (Å²) < 4.78 is 16.6. The molecule has 8 N–H and O–H groups in total. The van der Waals surface area contributed by atoms with Gasteiger partial charge in [-0.05, 0) is 86.9 Å². The standard InChI is InChI=1S/C30H36ClFN8O/c1-17(33)4-2-5-18-12-23(27(32)24(31)13-18)26-14-20-16-40(30(41)39-28(20)38-26)22-10-8-19(9-11-22)25-7-3-6-21(37-25)15-36-29(34)35/h8-14,16-17,21,25,37H,2-7,15,33H2,1H3,(H4,34,35,36)(H,38,39,41)/t17-,21-,25-/m0/s1. The number of halogens is 2. The number of rotatable bonds is 9. The molecule has 0 amide bonds. The van der Waals surface area contributed by atoms with Crippen LogP contribution in [0.1, 0.15) is 56.2 Å². The fraction of sp³-hybridized carbons (Fsp3) is 0.367. The van der Waals surface area contributed by atoms with Crippen molar-refractivity contribution in [2.45, 2.75) is 63.6 Å². The van der Waals surface area contributed by atoms with E-state index in [2.05, 4.69) is 20.6 Å². The molecule has 2 aromatic carbocycles. The number of H-pyrrole nitrogens is 1. The van der Waals surface area contributed by atoms with Crippen LogP contribution in [-0.4, -0.2) is 39.1 Å². The fourth-order valence-electron chi connectivity index (χ4n) is 5.48. The SMILES string of the molecule is C[C@H](N)CCCc1cc(Cl)c(F)c(-c2cc3cn(-c4ccc([C@@H]5CCC[C@@H](CNC(=N)N)N5)cc4)c(=O)nc3[nH]2)c1. The van der Waals surface area contributed by atoms with E-state index in [4.69, 9.17) is 28.5 Å². The van der Waals surface area contributed by atoms with E-state index < -0.39 is 11.5 Å². The minimum atomic E-state index is -0.518.